The summed E-state index contributed by atoms with van der Waals surface area (Å²) in [5, 5.41) is 0. The Morgan fingerprint density at radius 2 is 2.07 bits per heavy atom. The molecular weight excluding hydrogens is 184 g/mol. The Kier molecular flexibility index (Phi) is 5.62. The first kappa shape index (κ1) is 13.0. The third kappa shape index (κ3) is 4.12. The molecule has 0 heterocycles. The number of hydrogen-bond acceptors (Lipinski definition) is 2. The van der Waals surface area contributed by atoms with E-state index < -0.39 is 0 Å². The highest BCUT2D eigenvalue weighted by Crippen LogP contribution is 2.28. The van der Waals surface area contributed by atoms with Crippen molar-refractivity contribution in [2.45, 2.75) is 52.0 Å². The first-order chi connectivity index (χ1) is 7.15. The lowest BCUT2D eigenvalue weighted by Crippen LogP contribution is -2.38. The summed E-state index contributed by atoms with van der Waals surface area (Å²) in [7, 11) is 2.28. The van der Waals surface area contributed by atoms with E-state index in [1.54, 1.807) is 0 Å². The molecule has 0 aromatic rings. The smallest absolute Gasteiger partial charge is 0.0132 e. The summed E-state index contributed by atoms with van der Waals surface area (Å²) >= 11 is 0. The molecule has 1 aliphatic rings. The minimum Gasteiger partial charge on any atom is -0.330 e. The zero-order valence-corrected chi connectivity index (χ0v) is 10.7. The molecule has 0 bridgehead atoms. The topological polar surface area (TPSA) is 29.3 Å². The van der Waals surface area contributed by atoms with Crippen LogP contribution in [0, 0.1) is 11.8 Å². The van der Waals surface area contributed by atoms with Crippen molar-refractivity contribution in [2.24, 2.45) is 17.6 Å². The third-order valence-electron chi connectivity index (χ3n) is 3.78. The van der Waals surface area contributed by atoms with E-state index in [9.17, 15) is 0 Å². The first-order valence-corrected chi connectivity index (χ1v) is 6.55. The van der Waals surface area contributed by atoms with Gasteiger partial charge >= 0.3 is 0 Å². The molecule has 1 saturated carbocycles. The first-order valence-electron chi connectivity index (χ1n) is 6.55. The van der Waals surface area contributed by atoms with Crippen LogP contribution in [0.4, 0.5) is 0 Å². The largest absolute Gasteiger partial charge is 0.330 e. The zero-order valence-electron chi connectivity index (χ0n) is 10.7. The summed E-state index contributed by atoms with van der Waals surface area (Å²) in [6.07, 6.45) is 6.77. The molecule has 1 aliphatic carbocycles. The molecule has 2 nitrogen and oxygen atoms in total. The zero-order chi connectivity index (χ0) is 11.3. The van der Waals surface area contributed by atoms with Gasteiger partial charge in [0.25, 0.3) is 0 Å². The van der Waals surface area contributed by atoms with Crippen LogP contribution in [-0.2, 0) is 0 Å². The van der Waals surface area contributed by atoms with Crippen LogP contribution in [0.3, 0.4) is 0 Å². The van der Waals surface area contributed by atoms with Crippen LogP contribution < -0.4 is 5.73 Å². The summed E-state index contributed by atoms with van der Waals surface area (Å²) in [4.78, 5) is 2.55. The van der Waals surface area contributed by atoms with Gasteiger partial charge in [0.2, 0.25) is 0 Å². The highest BCUT2D eigenvalue weighted by Gasteiger charge is 2.28. The molecule has 15 heavy (non-hydrogen) atoms. The summed E-state index contributed by atoms with van der Waals surface area (Å²) in [6, 6.07) is 0.766. The van der Waals surface area contributed by atoms with Crippen LogP contribution in [0.5, 0.6) is 0 Å². The molecular formula is C13H28N2. The predicted molar refractivity (Wildman–Crippen MR) is 66.9 cm³/mol. The van der Waals surface area contributed by atoms with Gasteiger partial charge in [0, 0.05) is 6.04 Å². The van der Waals surface area contributed by atoms with Crippen molar-refractivity contribution in [3.05, 3.63) is 0 Å². The fourth-order valence-electron chi connectivity index (χ4n) is 2.79. The van der Waals surface area contributed by atoms with Gasteiger partial charge in [0.05, 0.1) is 0 Å². The van der Waals surface area contributed by atoms with Crippen molar-refractivity contribution >= 4 is 0 Å². The van der Waals surface area contributed by atoms with Crippen molar-refractivity contribution in [3.63, 3.8) is 0 Å². The summed E-state index contributed by atoms with van der Waals surface area (Å²) in [6.45, 7) is 6.73. The molecule has 0 radical (unpaired) electrons. The monoisotopic (exact) mass is 212 g/mol. The van der Waals surface area contributed by atoms with E-state index >= 15 is 0 Å². The lowest BCUT2D eigenvalue weighted by atomic mass is 10.0. The molecule has 0 spiro atoms. The molecule has 90 valence electrons. The van der Waals surface area contributed by atoms with Gasteiger partial charge in [-0.05, 0) is 57.7 Å². The van der Waals surface area contributed by atoms with Crippen molar-refractivity contribution in [1.82, 2.24) is 4.90 Å². The van der Waals surface area contributed by atoms with E-state index in [4.69, 9.17) is 5.73 Å². The maximum absolute atomic E-state index is 5.81. The lowest BCUT2D eigenvalue weighted by Gasteiger charge is -2.29. The number of nitrogens with zero attached hydrogens (tertiary/aromatic N) is 1. The van der Waals surface area contributed by atoms with Crippen LogP contribution in [0.15, 0.2) is 0 Å². The third-order valence-corrected chi connectivity index (χ3v) is 3.78. The Balaban J connectivity index is 2.23. The van der Waals surface area contributed by atoms with Gasteiger partial charge in [0.1, 0.15) is 0 Å². The minimum absolute atomic E-state index is 0.758. The second kappa shape index (κ2) is 6.49. The molecule has 1 fully saturated rings. The van der Waals surface area contributed by atoms with Crippen LogP contribution >= 0.6 is 0 Å². The van der Waals surface area contributed by atoms with Crippen molar-refractivity contribution in [2.75, 3.05) is 20.1 Å². The van der Waals surface area contributed by atoms with E-state index in [1.807, 2.05) is 0 Å². The van der Waals surface area contributed by atoms with E-state index in [1.165, 1.54) is 38.6 Å². The van der Waals surface area contributed by atoms with Crippen molar-refractivity contribution in [1.29, 1.82) is 0 Å². The maximum Gasteiger partial charge on any atom is 0.0132 e. The fraction of sp³-hybridized carbons (Fsp3) is 1.00. The number of rotatable bonds is 6. The van der Waals surface area contributed by atoms with Gasteiger partial charge < -0.3 is 10.6 Å². The van der Waals surface area contributed by atoms with Crippen LogP contribution in [0.1, 0.15) is 46.0 Å². The van der Waals surface area contributed by atoms with Gasteiger partial charge in [-0.3, -0.25) is 0 Å². The van der Waals surface area contributed by atoms with E-state index in [2.05, 4.69) is 25.8 Å². The number of hydrogen-bond donors (Lipinski definition) is 1. The average Bonchev–Trinajstić information content (AvgIpc) is 2.64. The second-order valence-corrected chi connectivity index (χ2v) is 5.51. The van der Waals surface area contributed by atoms with Gasteiger partial charge in [-0.2, -0.15) is 0 Å². The summed E-state index contributed by atoms with van der Waals surface area (Å²) < 4.78 is 0. The van der Waals surface area contributed by atoms with E-state index in [0.717, 1.165) is 24.4 Å². The Morgan fingerprint density at radius 1 is 1.33 bits per heavy atom. The van der Waals surface area contributed by atoms with Gasteiger partial charge in [-0.15, -0.1) is 0 Å². The Labute approximate surface area is 95.2 Å². The van der Waals surface area contributed by atoms with E-state index in [-0.39, 0.29) is 0 Å². The van der Waals surface area contributed by atoms with Gasteiger partial charge in [0.15, 0.2) is 0 Å². The molecule has 2 N–H and O–H groups in total. The Hall–Kier alpha value is -0.0800. The minimum atomic E-state index is 0.758. The summed E-state index contributed by atoms with van der Waals surface area (Å²) in [5.41, 5.74) is 5.81. The number of nitrogens with two attached hydrogens (primary N) is 1. The van der Waals surface area contributed by atoms with Crippen molar-refractivity contribution in [3.8, 4) is 0 Å². The molecule has 2 heteroatoms. The molecule has 2 unspecified atom stereocenters. The molecule has 0 aromatic heterocycles. The molecule has 1 rings (SSSR count). The molecule has 0 saturated heterocycles. The second-order valence-electron chi connectivity index (χ2n) is 5.51. The Bertz CT molecular complexity index is 168. The van der Waals surface area contributed by atoms with E-state index in [0.29, 0.717) is 0 Å². The fourth-order valence-corrected chi connectivity index (χ4v) is 2.79. The van der Waals surface area contributed by atoms with Crippen LogP contribution in [-0.4, -0.2) is 31.1 Å². The average molecular weight is 212 g/mol. The normalized spacial score (nSPS) is 26.8. The molecule has 0 aromatic carbocycles. The lowest BCUT2D eigenvalue weighted by molar-refractivity contribution is 0.195. The SMILES string of the molecule is CC(C)CCCN(C)C1CCCC1CN. The molecule has 2 atom stereocenters. The maximum atomic E-state index is 5.81. The molecule has 0 amide bonds. The molecule has 0 aliphatic heterocycles. The van der Waals surface area contributed by atoms with Crippen LogP contribution in [0.25, 0.3) is 0 Å². The standard InChI is InChI=1S/C13H28N2/c1-11(2)6-5-9-15(3)13-8-4-7-12(13)10-14/h11-13H,4-10,14H2,1-3H3. The van der Waals surface area contributed by atoms with Gasteiger partial charge in [-0.25, -0.2) is 0 Å². The highest BCUT2D eigenvalue weighted by molar-refractivity contribution is 4.84. The van der Waals surface area contributed by atoms with Crippen molar-refractivity contribution < 1.29 is 0 Å². The van der Waals surface area contributed by atoms with Crippen LogP contribution in [0.2, 0.25) is 0 Å². The predicted octanol–water partition coefficient (Wildman–Crippen LogP) is 2.48. The highest BCUT2D eigenvalue weighted by atomic mass is 15.1. The quantitative estimate of drug-likeness (QED) is 0.733. The van der Waals surface area contributed by atoms with Gasteiger partial charge in [-0.1, -0.05) is 20.3 Å². The Morgan fingerprint density at radius 3 is 2.67 bits per heavy atom. The summed E-state index contributed by atoms with van der Waals surface area (Å²) in [5.74, 6) is 1.60.